The number of likely N-dealkylation sites (tertiary alicyclic amines) is 1. The van der Waals surface area contributed by atoms with Crippen LogP contribution in [0.3, 0.4) is 0 Å². The molecule has 0 aromatic carbocycles. The van der Waals surface area contributed by atoms with Crippen LogP contribution in [-0.4, -0.2) is 63.2 Å². The Kier molecular flexibility index (Phi) is 4.83. The molecule has 0 saturated carbocycles. The summed E-state index contributed by atoms with van der Waals surface area (Å²) in [6.45, 7) is 10.1. The fraction of sp³-hybridized carbons (Fsp3) is 1.00. The molecule has 0 spiro atoms. The minimum atomic E-state index is 0.854. The van der Waals surface area contributed by atoms with Gasteiger partial charge in [0, 0.05) is 13.1 Å². The highest BCUT2D eigenvalue weighted by molar-refractivity contribution is 4.81. The van der Waals surface area contributed by atoms with Crippen molar-refractivity contribution >= 4 is 0 Å². The predicted molar refractivity (Wildman–Crippen MR) is 73.2 cm³/mol. The Morgan fingerprint density at radius 1 is 1.29 bits per heavy atom. The second kappa shape index (κ2) is 6.17. The largest absolute Gasteiger partial charge is 0.316 e. The number of hydrogen-bond donors (Lipinski definition) is 1. The van der Waals surface area contributed by atoms with Crippen molar-refractivity contribution in [3.05, 3.63) is 0 Å². The Morgan fingerprint density at radius 3 is 2.47 bits per heavy atom. The molecule has 0 amide bonds. The van der Waals surface area contributed by atoms with Crippen LogP contribution < -0.4 is 5.32 Å². The van der Waals surface area contributed by atoms with Gasteiger partial charge in [-0.15, -0.1) is 0 Å². The first-order chi connectivity index (χ1) is 8.15. The van der Waals surface area contributed by atoms with E-state index in [1.165, 1.54) is 52.1 Å². The zero-order chi connectivity index (χ0) is 12.3. The standard InChI is InChI=1S/C14H29N3/c1-12(14-8-15-9-14)10-17(3)11-13-4-6-16(2)7-5-13/h12-15H,4-11H2,1-3H3. The molecular weight excluding hydrogens is 210 g/mol. The van der Waals surface area contributed by atoms with Gasteiger partial charge in [-0.25, -0.2) is 0 Å². The summed E-state index contributed by atoms with van der Waals surface area (Å²) in [5, 5.41) is 3.38. The smallest absolute Gasteiger partial charge is 0.000769 e. The van der Waals surface area contributed by atoms with Crippen LogP contribution in [0, 0.1) is 17.8 Å². The lowest BCUT2D eigenvalue weighted by atomic mass is 9.88. The zero-order valence-electron chi connectivity index (χ0n) is 11.8. The molecule has 1 N–H and O–H groups in total. The van der Waals surface area contributed by atoms with Crippen LogP contribution >= 0.6 is 0 Å². The second-order valence-electron chi connectivity index (χ2n) is 6.36. The Hall–Kier alpha value is -0.120. The van der Waals surface area contributed by atoms with Crippen LogP contribution in [0.15, 0.2) is 0 Å². The summed E-state index contributed by atoms with van der Waals surface area (Å²) < 4.78 is 0. The van der Waals surface area contributed by atoms with Crippen molar-refractivity contribution < 1.29 is 0 Å². The first-order valence-electron chi connectivity index (χ1n) is 7.23. The molecule has 2 rings (SSSR count). The highest BCUT2D eigenvalue weighted by Gasteiger charge is 2.25. The average molecular weight is 239 g/mol. The molecule has 2 saturated heterocycles. The van der Waals surface area contributed by atoms with E-state index in [4.69, 9.17) is 0 Å². The van der Waals surface area contributed by atoms with E-state index < -0.39 is 0 Å². The number of nitrogens with zero attached hydrogens (tertiary/aromatic N) is 2. The molecule has 2 fully saturated rings. The van der Waals surface area contributed by atoms with Crippen LogP contribution in [-0.2, 0) is 0 Å². The van der Waals surface area contributed by atoms with Gasteiger partial charge in [0.1, 0.15) is 0 Å². The minimum Gasteiger partial charge on any atom is -0.316 e. The molecule has 1 atom stereocenters. The fourth-order valence-electron chi connectivity index (χ4n) is 3.11. The van der Waals surface area contributed by atoms with E-state index in [1.807, 2.05) is 0 Å². The quantitative estimate of drug-likeness (QED) is 0.775. The molecule has 0 radical (unpaired) electrons. The summed E-state index contributed by atoms with van der Waals surface area (Å²) in [6.07, 6.45) is 2.78. The molecule has 0 aliphatic carbocycles. The Bertz CT molecular complexity index is 220. The van der Waals surface area contributed by atoms with E-state index in [0.717, 1.165) is 17.8 Å². The number of rotatable bonds is 5. The van der Waals surface area contributed by atoms with Crippen LogP contribution in [0.2, 0.25) is 0 Å². The highest BCUT2D eigenvalue weighted by atomic mass is 15.1. The van der Waals surface area contributed by atoms with Gasteiger partial charge < -0.3 is 15.1 Å². The summed E-state index contributed by atoms with van der Waals surface area (Å²) in [5.41, 5.74) is 0. The van der Waals surface area contributed by atoms with Gasteiger partial charge in [-0.1, -0.05) is 6.92 Å². The molecule has 0 bridgehead atoms. The molecule has 3 heteroatoms. The molecule has 1 unspecified atom stereocenters. The van der Waals surface area contributed by atoms with E-state index in [9.17, 15) is 0 Å². The lowest BCUT2D eigenvalue weighted by Gasteiger charge is -2.36. The topological polar surface area (TPSA) is 18.5 Å². The summed E-state index contributed by atoms with van der Waals surface area (Å²) in [6, 6.07) is 0. The van der Waals surface area contributed by atoms with Gasteiger partial charge in [0.15, 0.2) is 0 Å². The molecule has 2 heterocycles. The van der Waals surface area contributed by atoms with Crippen LogP contribution in [0.25, 0.3) is 0 Å². The maximum Gasteiger partial charge on any atom is 0.000769 e. The maximum atomic E-state index is 3.38. The Balaban J connectivity index is 1.64. The third-order valence-corrected chi connectivity index (χ3v) is 4.63. The minimum absolute atomic E-state index is 0.854. The summed E-state index contributed by atoms with van der Waals surface area (Å²) in [5.74, 6) is 2.71. The lowest BCUT2D eigenvalue weighted by Crippen LogP contribution is -2.48. The summed E-state index contributed by atoms with van der Waals surface area (Å²) in [7, 11) is 4.55. The van der Waals surface area contributed by atoms with Crippen molar-refractivity contribution in [1.82, 2.24) is 15.1 Å². The van der Waals surface area contributed by atoms with E-state index in [2.05, 4.69) is 36.1 Å². The predicted octanol–water partition coefficient (Wildman–Crippen LogP) is 1.12. The summed E-state index contributed by atoms with van der Waals surface area (Å²) in [4.78, 5) is 5.03. The van der Waals surface area contributed by atoms with Gasteiger partial charge in [-0.3, -0.25) is 0 Å². The second-order valence-corrected chi connectivity index (χ2v) is 6.36. The molecule has 0 aromatic rings. The van der Waals surface area contributed by atoms with Crippen LogP contribution in [0.4, 0.5) is 0 Å². The molecule has 2 aliphatic rings. The molecule has 100 valence electrons. The Morgan fingerprint density at radius 2 is 1.94 bits per heavy atom. The Labute approximate surface area is 107 Å². The molecule has 0 aromatic heterocycles. The molecule has 3 nitrogen and oxygen atoms in total. The van der Waals surface area contributed by atoms with Crippen molar-refractivity contribution in [2.45, 2.75) is 19.8 Å². The number of hydrogen-bond acceptors (Lipinski definition) is 3. The fourth-order valence-corrected chi connectivity index (χ4v) is 3.11. The third-order valence-electron chi connectivity index (χ3n) is 4.63. The SMILES string of the molecule is CC(CN(C)CC1CCN(C)CC1)C1CNC1. The van der Waals surface area contributed by atoms with Gasteiger partial charge >= 0.3 is 0 Å². The van der Waals surface area contributed by atoms with Gasteiger partial charge in [0.2, 0.25) is 0 Å². The highest BCUT2D eigenvalue weighted by Crippen LogP contribution is 2.20. The van der Waals surface area contributed by atoms with Crippen molar-refractivity contribution in [2.75, 3.05) is 53.4 Å². The molecular formula is C14H29N3. The normalized spacial score (nSPS) is 26.1. The average Bonchev–Trinajstić information content (AvgIpc) is 2.18. The van der Waals surface area contributed by atoms with Gasteiger partial charge in [0.25, 0.3) is 0 Å². The first-order valence-corrected chi connectivity index (χ1v) is 7.23. The molecule has 17 heavy (non-hydrogen) atoms. The van der Waals surface area contributed by atoms with Crippen molar-refractivity contribution in [3.8, 4) is 0 Å². The zero-order valence-corrected chi connectivity index (χ0v) is 11.8. The molecule has 2 aliphatic heterocycles. The van der Waals surface area contributed by atoms with Gasteiger partial charge in [-0.2, -0.15) is 0 Å². The van der Waals surface area contributed by atoms with E-state index in [1.54, 1.807) is 0 Å². The lowest BCUT2D eigenvalue weighted by molar-refractivity contribution is 0.143. The van der Waals surface area contributed by atoms with E-state index >= 15 is 0 Å². The van der Waals surface area contributed by atoms with E-state index in [0.29, 0.717) is 0 Å². The monoisotopic (exact) mass is 239 g/mol. The van der Waals surface area contributed by atoms with Crippen molar-refractivity contribution in [2.24, 2.45) is 17.8 Å². The number of piperidine rings is 1. The number of nitrogens with one attached hydrogen (secondary N) is 1. The van der Waals surface area contributed by atoms with Gasteiger partial charge in [0.05, 0.1) is 0 Å². The van der Waals surface area contributed by atoms with Crippen LogP contribution in [0.1, 0.15) is 19.8 Å². The van der Waals surface area contributed by atoms with Crippen LogP contribution in [0.5, 0.6) is 0 Å². The third kappa shape index (κ3) is 3.94. The van der Waals surface area contributed by atoms with Gasteiger partial charge in [-0.05, 0) is 70.9 Å². The maximum absolute atomic E-state index is 3.38. The van der Waals surface area contributed by atoms with Crippen molar-refractivity contribution in [3.63, 3.8) is 0 Å². The first kappa shape index (κ1) is 13.3. The summed E-state index contributed by atoms with van der Waals surface area (Å²) >= 11 is 0. The van der Waals surface area contributed by atoms with Crippen molar-refractivity contribution in [1.29, 1.82) is 0 Å². The van der Waals surface area contributed by atoms with E-state index in [-0.39, 0.29) is 0 Å².